The Morgan fingerprint density at radius 2 is 1.96 bits per heavy atom. The largest absolute Gasteiger partial charge is 0.456 e. The van der Waals surface area contributed by atoms with E-state index in [0.29, 0.717) is 38.2 Å². The molecule has 1 spiro atoms. The van der Waals surface area contributed by atoms with Gasteiger partial charge < -0.3 is 14.2 Å². The number of rotatable bonds is 3. The Morgan fingerprint density at radius 1 is 1.18 bits per heavy atom. The number of likely N-dealkylation sites (tertiary alicyclic amines) is 2. The van der Waals surface area contributed by atoms with E-state index in [9.17, 15) is 14.4 Å². The molecule has 2 aliphatic heterocycles. The van der Waals surface area contributed by atoms with E-state index in [1.165, 1.54) is 12.1 Å². The van der Waals surface area contributed by atoms with Crippen LogP contribution in [0.1, 0.15) is 47.7 Å². The third-order valence-corrected chi connectivity index (χ3v) is 5.62. The molecule has 4 rings (SSSR count). The van der Waals surface area contributed by atoms with Crippen LogP contribution in [0.15, 0.2) is 45.7 Å². The molecule has 0 aromatic carbocycles. The molecule has 2 aliphatic rings. The summed E-state index contributed by atoms with van der Waals surface area (Å²) in [5.74, 6) is -0.0339. The minimum Gasteiger partial charge on any atom is -0.456 e. The number of nitrogens with zero attached hydrogens (tertiary/aromatic N) is 3. The second kappa shape index (κ2) is 7.22. The van der Waals surface area contributed by atoms with Crippen molar-refractivity contribution >= 4 is 11.8 Å². The first-order valence-corrected chi connectivity index (χ1v) is 9.63. The summed E-state index contributed by atoms with van der Waals surface area (Å²) in [6, 6.07) is 8.19. The first-order chi connectivity index (χ1) is 13.5. The first-order valence-electron chi connectivity index (χ1n) is 9.63. The SMILES string of the molecule is Cc1cc(=O)cc(C(=O)N2CCCC23CCCN(Cc2ccccn2)C3=O)o1. The summed E-state index contributed by atoms with van der Waals surface area (Å²) in [6.07, 6.45) is 4.55. The maximum absolute atomic E-state index is 13.4. The van der Waals surface area contributed by atoms with E-state index in [1.54, 1.807) is 22.9 Å². The molecule has 0 aliphatic carbocycles. The zero-order valence-corrected chi connectivity index (χ0v) is 15.9. The lowest BCUT2D eigenvalue weighted by Crippen LogP contribution is -2.61. The minimum atomic E-state index is -0.855. The van der Waals surface area contributed by atoms with Gasteiger partial charge in [-0.2, -0.15) is 0 Å². The van der Waals surface area contributed by atoms with Crippen molar-refractivity contribution < 1.29 is 14.0 Å². The predicted octanol–water partition coefficient (Wildman–Crippen LogP) is 2.14. The Hall–Kier alpha value is -2.96. The highest BCUT2D eigenvalue weighted by molar-refractivity contribution is 5.98. The summed E-state index contributed by atoms with van der Waals surface area (Å²) in [5, 5.41) is 0. The fourth-order valence-corrected chi connectivity index (χ4v) is 4.40. The second-order valence-corrected chi connectivity index (χ2v) is 7.51. The topological polar surface area (TPSA) is 83.7 Å². The van der Waals surface area contributed by atoms with E-state index >= 15 is 0 Å². The van der Waals surface area contributed by atoms with Gasteiger partial charge in [-0.1, -0.05) is 6.07 Å². The standard InChI is InChI=1S/C21H23N3O4/c1-15-12-17(25)13-18(28-15)19(26)24-11-5-8-21(24)7-4-10-23(20(21)27)14-16-6-2-3-9-22-16/h2-3,6,9,12-13H,4-5,7-8,10-11,14H2,1H3. The number of hydrogen-bond acceptors (Lipinski definition) is 5. The minimum absolute atomic E-state index is 0.000856. The van der Waals surface area contributed by atoms with Crippen LogP contribution in [0, 0.1) is 6.92 Å². The van der Waals surface area contributed by atoms with Crippen LogP contribution in [0.3, 0.4) is 0 Å². The molecule has 2 aromatic heterocycles. The number of pyridine rings is 1. The van der Waals surface area contributed by atoms with Gasteiger partial charge in [-0.15, -0.1) is 0 Å². The molecule has 28 heavy (non-hydrogen) atoms. The number of carbonyl (C=O) groups excluding carboxylic acids is 2. The summed E-state index contributed by atoms with van der Waals surface area (Å²) in [6.45, 7) is 3.21. The van der Waals surface area contributed by atoms with Gasteiger partial charge in [-0.25, -0.2) is 0 Å². The highest BCUT2D eigenvalue weighted by Gasteiger charge is 2.53. The van der Waals surface area contributed by atoms with Gasteiger partial charge >= 0.3 is 0 Å². The predicted molar refractivity (Wildman–Crippen MR) is 102 cm³/mol. The Morgan fingerprint density at radius 3 is 2.68 bits per heavy atom. The molecular weight excluding hydrogens is 358 g/mol. The van der Waals surface area contributed by atoms with Crippen molar-refractivity contribution in [3.63, 3.8) is 0 Å². The molecule has 7 heteroatoms. The molecule has 2 amide bonds. The number of piperidine rings is 1. The average molecular weight is 381 g/mol. The fourth-order valence-electron chi connectivity index (χ4n) is 4.40. The molecule has 0 radical (unpaired) electrons. The van der Waals surface area contributed by atoms with E-state index in [-0.39, 0.29) is 23.0 Å². The molecule has 0 saturated carbocycles. The van der Waals surface area contributed by atoms with E-state index in [4.69, 9.17) is 4.42 Å². The van der Waals surface area contributed by atoms with Crippen molar-refractivity contribution in [2.45, 2.75) is 44.7 Å². The average Bonchev–Trinajstić information content (AvgIpc) is 3.09. The molecule has 4 heterocycles. The van der Waals surface area contributed by atoms with E-state index in [1.807, 2.05) is 18.2 Å². The second-order valence-electron chi connectivity index (χ2n) is 7.51. The van der Waals surface area contributed by atoms with Crippen molar-refractivity contribution in [3.8, 4) is 0 Å². The third kappa shape index (κ3) is 3.21. The van der Waals surface area contributed by atoms with E-state index < -0.39 is 5.54 Å². The number of carbonyl (C=O) groups is 2. The van der Waals surface area contributed by atoms with Crippen molar-refractivity contribution in [2.75, 3.05) is 13.1 Å². The molecule has 0 bridgehead atoms. The van der Waals surface area contributed by atoms with Crippen molar-refractivity contribution in [1.82, 2.24) is 14.8 Å². The van der Waals surface area contributed by atoms with Crippen LogP contribution < -0.4 is 5.43 Å². The molecule has 146 valence electrons. The smallest absolute Gasteiger partial charge is 0.290 e. The Bertz CT molecular complexity index is 956. The molecule has 2 fully saturated rings. The van der Waals surface area contributed by atoms with Crippen LogP contribution >= 0.6 is 0 Å². The Balaban J connectivity index is 1.62. The molecule has 2 aromatic rings. The summed E-state index contributed by atoms with van der Waals surface area (Å²) in [5.41, 5.74) is -0.299. The monoisotopic (exact) mass is 381 g/mol. The summed E-state index contributed by atoms with van der Waals surface area (Å²) in [7, 11) is 0. The Kier molecular flexibility index (Phi) is 4.75. The van der Waals surface area contributed by atoms with Gasteiger partial charge in [0.25, 0.3) is 5.91 Å². The first kappa shape index (κ1) is 18.4. The zero-order valence-electron chi connectivity index (χ0n) is 15.9. The fraction of sp³-hybridized carbons (Fsp3) is 0.429. The van der Waals surface area contributed by atoms with Crippen molar-refractivity contribution in [3.05, 3.63) is 64.0 Å². The van der Waals surface area contributed by atoms with E-state index in [2.05, 4.69) is 4.98 Å². The lowest BCUT2D eigenvalue weighted by molar-refractivity contribution is -0.146. The zero-order chi connectivity index (χ0) is 19.7. The molecule has 1 unspecified atom stereocenters. The van der Waals surface area contributed by atoms with Gasteiger partial charge in [0.15, 0.2) is 11.2 Å². The lowest BCUT2D eigenvalue weighted by atomic mass is 9.85. The van der Waals surface area contributed by atoms with Crippen molar-refractivity contribution in [2.24, 2.45) is 0 Å². The highest BCUT2D eigenvalue weighted by atomic mass is 16.3. The van der Waals surface area contributed by atoms with Gasteiger partial charge in [0, 0.05) is 31.4 Å². The lowest BCUT2D eigenvalue weighted by Gasteiger charge is -2.44. The normalized spacial score (nSPS) is 22.1. The number of aromatic nitrogens is 1. The molecule has 0 N–H and O–H groups in total. The molecule has 2 saturated heterocycles. The molecule has 7 nitrogen and oxygen atoms in total. The maximum Gasteiger partial charge on any atom is 0.290 e. The van der Waals surface area contributed by atoms with Crippen LogP contribution in [0.4, 0.5) is 0 Å². The molecule has 1 atom stereocenters. The van der Waals surface area contributed by atoms with Gasteiger partial charge in [0.1, 0.15) is 11.3 Å². The third-order valence-electron chi connectivity index (χ3n) is 5.62. The quantitative estimate of drug-likeness (QED) is 0.813. The summed E-state index contributed by atoms with van der Waals surface area (Å²) < 4.78 is 5.50. The molecular formula is C21H23N3O4. The summed E-state index contributed by atoms with van der Waals surface area (Å²) in [4.78, 5) is 46.1. The summed E-state index contributed by atoms with van der Waals surface area (Å²) >= 11 is 0. The van der Waals surface area contributed by atoms with Crippen LogP contribution in [0.2, 0.25) is 0 Å². The number of aryl methyl sites for hydroxylation is 1. The Labute approximate surface area is 163 Å². The van der Waals surface area contributed by atoms with Crippen LogP contribution in [-0.2, 0) is 11.3 Å². The van der Waals surface area contributed by atoms with Crippen molar-refractivity contribution in [1.29, 1.82) is 0 Å². The number of amides is 2. The van der Waals surface area contributed by atoms with Gasteiger partial charge in [0.2, 0.25) is 5.91 Å². The van der Waals surface area contributed by atoms with Crippen LogP contribution in [-0.4, -0.2) is 45.2 Å². The maximum atomic E-state index is 13.4. The van der Waals surface area contributed by atoms with Gasteiger partial charge in [-0.3, -0.25) is 19.4 Å². The highest BCUT2D eigenvalue weighted by Crippen LogP contribution is 2.39. The van der Waals surface area contributed by atoms with Gasteiger partial charge in [0.05, 0.1) is 12.2 Å². The van der Waals surface area contributed by atoms with Crippen LogP contribution in [0.25, 0.3) is 0 Å². The van der Waals surface area contributed by atoms with E-state index in [0.717, 1.165) is 18.5 Å². The van der Waals surface area contributed by atoms with Gasteiger partial charge in [-0.05, 0) is 44.7 Å². The van der Waals surface area contributed by atoms with Crippen LogP contribution in [0.5, 0.6) is 0 Å². The number of hydrogen-bond donors (Lipinski definition) is 0.